The van der Waals surface area contributed by atoms with Crippen LogP contribution < -0.4 is 5.73 Å². The second kappa shape index (κ2) is 5.22. The zero-order valence-electron chi connectivity index (χ0n) is 9.63. The van der Waals surface area contributed by atoms with Crippen LogP contribution >= 0.6 is 43.2 Å². The molecule has 2 N–H and O–H groups in total. The first kappa shape index (κ1) is 13.3. The molecular formula is C13H13Br2NS. The Balaban J connectivity index is 2.43. The lowest BCUT2D eigenvalue weighted by molar-refractivity contribution is 0.877. The van der Waals surface area contributed by atoms with E-state index in [-0.39, 0.29) is 6.04 Å². The van der Waals surface area contributed by atoms with E-state index in [0.29, 0.717) is 0 Å². The Morgan fingerprint density at radius 1 is 1.18 bits per heavy atom. The monoisotopic (exact) mass is 373 g/mol. The summed E-state index contributed by atoms with van der Waals surface area (Å²) in [6.07, 6.45) is 0. The quantitative estimate of drug-likeness (QED) is 0.791. The van der Waals surface area contributed by atoms with Gasteiger partial charge in [-0.15, -0.1) is 11.3 Å². The lowest BCUT2D eigenvalue weighted by Crippen LogP contribution is -2.12. The van der Waals surface area contributed by atoms with Gasteiger partial charge in [0, 0.05) is 18.7 Å². The topological polar surface area (TPSA) is 26.0 Å². The zero-order chi connectivity index (χ0) is 12.6. The van der Waals surface area contributed by atoms with E-state index in [1.54, 1.807) is 11.3 Å². The fourth-order valence-electron chi connectivity index (χ4n) is 1.84. The molecule has 0 amide bonds. The molecule has 1 unspecified atom stereocenters. The molecule has 17 heavy (non-hydrogen) atoms. The highest BCUT2D eigenvalue weighted by Crippen LogP contribution is 2.35. The minimum atomic E-state index is -0.0591. The molecule has 1 nitrogen and oxygen atoms in total. The van der Waals surface area contributed by atoms with Crippen molar-refractivity contribution in [2.75, 3.05) is 0 Å². The minimum absolute atomic E-state index is 0.0591. The largest absolute Gasteiger partial charge is 0.320 e. The van der Waals surface area contributed by atoms with Crippen LogP contribution in [0.1, 0.15) is 26.9 Å². The summed E-state index contributed by atoms with van der Waals surface area (Å²) in [6.45, 7) is 4.19. The van der Waals surface area contributed by atoms with E-state index in [4.69, 9.17) is 5.73 Å². The van der Waals surface area contributed by atoms with Crippen molar-refractivity contribution in [2.45, 2.75) is 19.9 Å². The van der Waals surface area contributed by atoms with Gasteiger partial charge in [-0.1, -0.05) is 22.0 Å². The zero-order valence-corrected chi connectivity index (χ0v) is 13.6. The smallest absolute Gasteiger partial charge is 0.0660 e. The molecule has 0 spiro atoms. The maximum atomic E-state index is 6.35. The SMILES string of the molecule is Cc1cc(Br)c(C(N)c2ccc(Br)cc2C)s1. The van der Waals surface area contributed by atoms with Gasteiger partial charge < -0.3 is 5.73 Å². The van der Waals surface area contributed by atoms with E-state index >= 15 is 0 Å². The predicted molar refractivity (Wildman–Crippen MR) is 81.7 cm³/mol. The van der Waals surface area contributed by atoms with Gasteiger partial charge in [0.15, 0.2) is 0 Å². The van der Waals surface area contributed by atoms with Crippen molar-refractivity contribution < 1.29 is 0 Å². The summed E-state index contributed by atoms with van der Waals surface area (Å²) in [4.78, 5) is 2.46. The number of hydrogen-bond donors (Lipinski definition) is 1. The van der Waals surface area contributed by atoms with Gasteiger partial charge in [-0.05, 0) is 59.1 Å². The summed E-state index contributed by atoms with van der Waals surface area (Å²) in [7, 11) is 0. The first-order valence-corrected chi connectivity index (χ1v) is 7.66. The Morgan fingerprint density at radius 3 is 2.41 bits per heavy atom. The third kappa shape index (κ3) is 2.81. The molecule has 0 aliphatic carbocycles. The molecule has 1 aromatic carbocycles. The Morgan fingerprint density at radius 2 is 1.88 bits per heavy atom. The van der Waals surface area contributed by atoms with Crippen LogP contribution in [0, 0.1) is 13.8 Å². The normalized spacial score (nSPS) is 12.8. The van der Waals surface area contributed by atoms with Crippen LogP contribution in [0.5, 0.6) is 0 Å². The number of halogens is 2. The summed E-state index contributed by atoms with van der Waals surface area (Å²) in [5.41, 5.74) is 8.74. The summed E-state index contributed by atoms with van der Waals surface area (Å²) < 4.78 is 2.20. The second-order valence-electron chi connectivity index (χ2n) is 4.05. The van der Waals surface area contributed by atoms with E-state index in [0.717, 1.165) is 8.95 Å². The average molecular weight is 375 g/mol. The molecule has 0 bridgehead atoms. The maximum Gasteiger partial charge on any atom is 0.0660 e. The molecule has 2 aromatic rings. The Kier molecular flexibility index (Phi) is 4.08. The Hall–Kier alpha value is -0.160. The molecular weight excluding hydrogens is 362 g/mol. The molecule has 0 radical (unpaired) electrons. The highest BCUT2D eigenvalue weighted by Gasteiger charge is 2.16. The summed E-state index contributed by atoms with van der Waals surface area (Å²) >= 11 is 8.79. The van der Waals surface area contributed by atoms with Crippen molar-refractivity contribution in [3.63, 3.8) is 0 Å². The van der Waals surface area contributed by atoms with E-state index in [9.17, 15) is 0 Å². The molecule has 2 rings (SSSR count). The first-order valence-electron chi connectivity index (χ1n) is 5.26. The fraction of sp³-hybridized carbons (Fsp3) is 0.231. The number of thiophene rings is 1. The van der Waals surface area contributed by atoms with Gasteiger partial charge in [0.05, 0.1) is 6.04 Å². The molecule has 0 fully saturated rings. The van der Waals surface area contributed by atoms with Crippen molar-refractivity contribution >= 4 is 43.2 Å². The van der Waals surface area contributed by atoms with Crippen molar-refractivity contribution in [3.8, 4) is 0 Å². The summed E-state index contributed by atoms with van der Waals surface area (Å²) in [6, 6.07) is 8.29. The van der Waals surface area contributed by atoms with Gasteiger partial charge >= 0.3 is 0 Å². The lowest BCUT2D eigenvalue weighted by Gasteiger charge is -2.14. The summed E-state index contributed by atoms with van der Waals surface area (Å²) in [5, 5.41) is 0. The highest BCUT2D eigenvalue weighted by atomic mass is 79.9. The standard InChI is InChI=1S/C13H13Br2NS/c1-7-5-9(14)3-4-10(7)12(16)13-11(15)6-8(2)17-13/h3-6,12H,16H2,1-2H3. The predicted octanol–water partition coefficient (Wildman–Crippen LogP) is 4.94. The van der Waals surface area contributed by atoms with Gasteiger partial charge in [0.25, 0.3) is 0 Å². The average Bonchev–Trinajstić information content (AvgIpc) is 2.57. The molecule has 1 aromatic heterocycles. The number of rotatable bonds is 2. The van der Waals surface area contributed by atoms with Crippen LogP contribution in [-0.2, 0) is 0 Å². The van der Waals surface area contributed by atoms with E-state index < -0.39 is 0 Å². The van der Waals surface area contributed by atoms with Crippen LogP contribution in [0.3, 0.4) is 0 Å². The molecule has 0 saturated carbocycles. The van der Waals surface area contributed by atoms with Crippen molar-refractivity contribution in [3.05, 3.63) is 54.1 Å². The molecule has 0 saturated heterocycles. The lowest BCUT2D eigenvalue weighted by atomic mass is 10.0. The minimum Gasteiger partial charge on any atom is -0.320 e. The maximum absolute atomic E-state index is 6.35. The molecule has 0 aliphatic rings. The molecule has 1 heterocycles. The fourth-order valence-corrected chi connectivity index (χ4v) is 4.24. The van der Waals surface area contributed by atoms with Crippen molar-refractivity contribution in [1.29, 1.82) is 0 Å². The van der Waals surface area contributed by atoms with Gasteiger partial charge in [0.2, 0.25) is 0 Å². The molecule has 90 valence electrons. The molecule has 0 aliphatic heterocycles. The van der Waals surface area contributed by atoms with Gasteiger partial charge in [0.1, 0.15) is 0 Å². The van der Waals surface area contributed by atoms with Crippen LogP contribution in [0.2, 0.25) is 0 Å². The number of aryl methyl sites for hydroxylation is 2. The summed E-state index contributed by atoms with van der Waals surface area (Å²) in [5.74, 6) is 0. The number of benzene rings is 1. The third-order valence-electron chi connectivity index (χ3n) is 2.69. The van der Waals surface area contributed by atoms with Crippen LogP contribution in [0.25, 0.3) is 0 Å². The van der Waals surface area contributed by atoms with Gasteiger partial charge in [-0.2, -0.15) is 0 Å². The Labute approximate surface area is 122 Å². The van der Waals surface area contributed by atoms with Crippen molar-refractivity contribution in [1.82, 2.24) is 0 Å². The first-order chi connectivity index (χ1) is 7.99. The van der Waals surface area contributed by atoms with Crippen LogP contribution in [-0.4, -0.2) is 0 Å². The second-order valence-corrected chi connectivity index (χ2v) is 7.11. The number of nitrogens with two attached hydrogens (primary N) is 1. The molecule has 4 heteroatoms. The highest BCUT2D eigenvalue weighted by molar-refractivity contribution is 9.10. The number of hydrogen-bond acceptors (Lipinski definition) is 2. The van der Waals surface area contributed by atoms with Crippen LogP contribution in [0.4, 0.5) is 0 Å². The van der Waals surface area contributed by atoms with Crippen molar-refractivity contribution in [2.24, 2.45) is 5.73 Å². The third-order valence-corrected chi connectivity index (χ3v) is 5.23. The van der Waals surface area contributed by atoms with E-state index in [1.165, 1.54) is 20.9 Å². The van der Waals surface area contributed by atoms with Gasteiger partial charge in [-0.3, -0.25) is 0 Å². The van der Waals surface area contributed by atoms with E-state index in [1.807, 2.05) is 6.07 Å². The Bertz CT molecular complexity index is 548. The van der Waals surface area contributed by atoms with Gasteiger partial charge in [-0.25, -0.2) is 0 Å². The molecule has 1 atom stereocenters. The van der Waals surface area contributed by atoms with E-state index in [2.05, 4.69) is 63.9 Å². The van der Waals surface area contributed by atoms with Crippen LogP contribution in [0.15, 0.2) is 33.2 Å².